The van der Waals surface area contributed by atoms with Gasteiger partial charge in [-0.05, 0) is 29.8 Å². The Morgan fingerprint density at radius 1 is 1.16 bits per heavy atom. The monoisotopic (exact) mass is 345 g/mol. The van der Waals surface area contributed by atoms with Crippen molar-refractivity contribution >= 4 is 11.7 Å². The van der Waals surface area contributed by atoms with Crippen LogP contribution in [0.15, 0.2) is 48.5 Å². The Morgan fingerprint density at radius 3 is 2.52 bits per heavy atom. The summed E-state index contributed by atoms with van der Waals surface area (Å²) in [5, 5.41) is 2.87. The molecular formula is C19H24FN3O2. The Balaban J connectivity index is 1.79. The number of nitrogens with zero attached hydrogens (tertiary/aromatic N) is 2. The van der Waals surface area contributed by atoms with Gasteiger partial charge in [0.2, 0.25) is 0 Å². The molecule has 2 aromatic carbocycles. The summed E-state index contributed by atoms with van der Waals surface area (Å²) < 4.78 is 18.6. The SMILES string of the molecule is COc1ccc(CN(C)C(=O)NCCN(C)c2ccccc2)cc1F. The molecule has 2 rings (SSSR count). The summed E-state index contributed by atoms with van der Waals surface area (Å²) in [5.41, 5.74) is 1.80. The van der Waals surface area contributed by atoms with E-state index in [0.29, 0.717) is 25.2 Å². The van der Waals surface area contributed by atoms with Gasteiger partial charge in [0, 0.05) is 39.4 Å². The third-order valence-electron chi connectivity index (χ3n) is 3.90. The normalized spacial score (nSPS) is 10.2. The van der Waals surface area contributed by atoms with Gasteiger partial charge in [-0.15, -0.1) is 0 Å². The van der Waals surface area contributed by atoms with Crippen LogP contribution in [0.3, 0.4) is 0 Å². The lowest BCUT2D eigenvalue weighted by Gasteiger charge is -2.22. The number of methoxy groups -OCH3 is 1. The lowest BCUT2D eigenvalue weighted by atomic mass is 10.2. The van der Waals surface area contributed by atoms with Crippen LogP contribution in [0, 0.1) is 5.82 Å². The highest BCUT2D eigenvalue weighted by Gasteiger charge is 2.11. The van der Waals surface area contributed by atoms with E-state index in [1.165, 1.54) is 18.1 Å². The highest BCUT2D eigenvalue weighted by molar-refractivity contribution is 5.73. The summed E-state index contributed by atoms with van der Waals surface area (Å²) in [6.45, 7) is 1.54. The number of carbonyl (C=O) groups excluding carboxylic acids is 1. The number of amides is 2. The summed E-state index contributed by atoms with van der Waals surface area (Å²) in [4.78, 5) is 15.7. The van der Waals surface area contributed by atoms with Gasteiger partial charge in [-0.1, -0.05) is 24.3 Å². The zero-order valence-electron chi connectivity index (χ0n) is 14.8. The van der Waals surface area contributed by atoms with Gasteiger partial charge < -0.3 is 19.9 Å². The molecule has 0 aliphatic carbocycles. The van der Waals surface area contributed by atoms with Gasteiger partial charge in [0.1, 0.15) is 0 Å². The molecule has 0 saturated heterocycles. The van der Waals surface area contributed by atoms with Crippen LogP contribution in [0.25, 0.3) is 0 Å². The minimum atomic E-state index is -0.432. The zero-order valence-corrected chi connectivity index (χ0v) is 14.8. The predicted octanol–water partition coefficient (Wildman–Crippen LogP) is 3.11. The van der Waals surface area contributed by atoms with Gasteiger partial charge in [0.25, 0.3) is 0 Å². The highest BCUT2D eigenvalue weighted by atomic mass is 19.1. The van der Waals surface area contributed by atoms with Crippen LogP contribution in [0.4, 0.5) is 14.9 Å². The molecule has 0 saturated carbocycles. The second-order valence-electron chi connectivity index (χ2n) is 5.81. The first-order chi connectivity index (χ1) is 12.0. The molecule has 6 heteroatoms. The fourth-order valence-corrected chi connectivity index (χ4v) is 2.43. The van der Waals surface area contributed by atoms with Crippen molar-refractivity contribution in [3.05, 3.63) is 59.9 Å². The van der Waals surface area contributed by atoms with Crippen molar-refractivity contribution in [1.29, 1.82) is 0 Å². The Kier molecular flexibility index (Phi) is 6.62. The summed E-state index contributed by atoms with van der Waals surface area (Å²) in [7, 11) is 5.08. The van der Waals surface area contributed by atoms with Crippen molar-refractivity contribution in [3.63, 3.8) is 0 Å². The average molecular weight is 345 g/mol. The van der Waals surface area contributed by atoms with Crippen LogP contribution in [-0.2, 0) is 6.54 Å². The molecular weight excluding hydrogens is 321 g/mol. The Labute approximate surface area is 148 Å². The van der Waals surface area contributed by atoms with Gasteiger partial charge >= 0.3 is 6.03 Å². The molecule has 0 aliphatic rings. The molecule has 2 aromatic rings. The van der Waals surface area contributed by atoms with Crippen molar-refractivity contribution < 1.29 is 13.9 Å². The summed E-state index contributed by atoms with van der Waals surface area (Å²) in [5.74, 6) is -0.238. The molecule has 0 aromatic heterocycles. The Bertz CT molecular complexity index is 694. The fourth-order valence-electron chi connectivity index (χ4n) is 2.43. The Morgan fingerprint density at radius 2 is 1.88 bits per heavy atom. The van der Waals surface area contributed by atoms with E-state index >= 15 is 0 Å². The van der Waals surface area contributed by atoms with Gasteiger partial charge in [-0.25, -0.2) is 9.18 Å². The van der Waals surface area contributed by atoms with Crippen molar-refractivity contribution in [2.75, 3.05) is 39.2 Å². The molecule has 0 fully saturated rings. The molecule has 0 bridgehead atoms. The van der Waals surface area contributed by atoms with Crippen LogP contribution in [0.5, 0.6) is 5.75 Å². The van der Waals surface area contributed by atoms with Crippen molar-refractivity contribution in [1.82, 2.24) is 10.2 Å². The number of benzene rings is 2. The van der Waals surface area contributed by atoms with Crippen molar-refractivity contribution in [3.8, 4) is 5.75 Å². The predicted molar refractivity (Wildman–Crippen MR) is 97.5 cm³/mol. The van der Waals surface area contributed by atoms with Gasteiger partial charge in [0.05, 0.1) is 7.11 Å². The van der Waals surface area contributed by atoms with Crippen LogP contribution in [0.1, 0.15) is 5.56 Å². The molecule has 5 nitrogen and oxygen atoms in total. The third-order valence-corrected chi connectivity index (χ3v) is 3.90. The topological polar surface area (TPSA) is 44.8 Å². The summed E-state index contributed by atoms with van der Waals surface area (Å²) >= 11 is 0. The standard InChI is InChI=1S/C19H24FN3O2/c1-22(16-7-5-4-6-8-16)12-11-21-19(24)23(2)14-15-9-10-18(25-3)17(20)13-15/h4-10,13H,11-12,14H2,1-3H3,(H,21,24). The van der Waals surface area contributed by atoms with Gasteiger partial charge in [-0.2, -0.15) is 0 Å². The van der Waals surface area contributed by atoms with Crippen LogP contribution in [0.2, 0.25) is 0 Å². The number of nitrogens with one attached hydrogen (secondary N) is 1. The van der Waals surface area contributed by atoms with E-state index in [4.69, 9.17) is 4.74 Å². The van der Waals surface area contributed by atoms with E-state index in [9.17, 15) is 9.18 Å². The molecule has 0 atom stereocenters. The second kappa shape index (κ2) is 8.92. The molecule has 1 N–H and O–H groups in total. The number of anilines is 1. The fraction of sp³-hybridized carbons (Fsp3) is 0.316. The number of para-hydroxylation sites is 1. The maximum atomic E-state index is 13.7. The molecule has 0 radical (unpaired) electrons. The number of ether oxygens (including phenoxy) is 1. The van der Waals surface area contributed by atoms with E-state index < -0.39 is 5.82 Å². The van der Waals surface area contributed by atoms with E-state index in [-0.39, 0.29) is 11.8 Å². The first-order valence-electron chi connectivity index (χ1n) is 8.09. The molecule has 25 heavy (non-hydrogen) atoms. The zero-order chi connectivity index (χ0) is 18.2. The maximum Gasteiger partial charge on any atom is 0.317 e. The third kappa shape index (κ3) is 5.38. The van der Waals surface area contributed by atoms with E-state index in [1.54, 1.807) is 19.2 Å². The van der Waals surface area contributed by atoms with Crippen molar-refractivity contribution in [2.24, 2.45) is 0 Å². The number of hydrogen-bond acceptors (Lipinski definition) is 3. The molecule has 0 unspecified atom stereocenters. The first-order valence-corrected chi connectivity index (χ1v) is 8.09. The largest absolute Gasteiger partial charge is 0.494 e. The Hall–Kier alpha value is -2.76. The number of likely N-dealkylation sites (N-methyl/N-ethyl adjacent to an activating group) is 1. The van der Waals surface area contributed by atoms with Crippen molar-refractivity contribution in [2.45, 2.75) is 6.54 Å². The van der Waals surface area contributed by atoms with Gasteiger partial charge in [-0.3, -0.25) is 0 Å². The molecule has 134 valence electrons. The van der Waals surface area contributed by atoms with Gasteiger partial charge in [0.15, 0.2) is 11.6 Å². The smallest absolute Gasteiger partial charge is 0.317 e. The number of carbonyl (C=O) groups is 1. The molecule has 0 spiro atoms. The molecule has 0 aliphatic heterocycles. The molecule has 0 heterocycles. The van der Waals surface area contributed by atoms with E-state index in [2.05, 4.69) is 10.2 Å². The first kappa shape index (κ1) is 18.6. The molecule has 2 amide bonds. The minimum absolute atomic E-state index is 0.194. The van der Waals surface area contributed by atoms with Crippen LogP contribution < -0.4 is 15.0 Å². The van der Waals surface area contributed by atoms with E-state index in [0.717, 1.165) is 5.69 Å². The average Bonchev–Trinajstić information content (AvgIpc) is 2.62. The second-order valence-corrected chi connectivity index (χ2v) is 5.81. The van der Waals surface area contributed by atoms with Crippen LogP contribution in [-0.4, -0.2) is 45.2 Å². The minimum Gasteiger partial charge on any atom is -0.494 e. The quantitative estimate of drug-likeness (QED) is 0.839. The number of hydrogen-bond donors (Lipinski definition) is 1. The highest BCUT2D eigenvalue weighted by Crippen LogP contribution is 2.18. The number of urea groups is 1. The lowest BCUT2D eigenvalue weighted by Crippen LogP contribution is -2.40. The number of rotatable bonds is 7. The van der Waals surface area contributed by atoms with E-state index in [1.807, 2.05) is 37.4 Å². The lowest BCUT2D eigenvalue weighted by molar-refractivity contribution is 0.207. The number of halogens is 1. The maximum absolute atomic E-state index is 13.7. The van der Waals surface area contributed by atoms with Crippen LogP contribution >= 0.6 is 0 Å². The summed E-state index contributed by atoms with van der Waals surface area (Å²) in [6.07, 6.45) is 0. The summed E-state index contributed by atoms with van der Waals surface area (Å²) in [6, 6.07) is 14.5.